The third kappa shape index (κ3) is 3.97. The van der Waals surface area contributed by atoms with E-state index in [9.17, 15) is 0 Å². The minimum atomic E-state index is 0.637. The fourth-order valence-corrected chi connectivity index (χ4v) is 1.65. The third-order valence-electron chi connectivity index (χ3n) is 2.24. The Morgan fingerprint density at radius 3 is 2.31 bits per heavy atom. The zero-order chi connectivity index (χ0) is 12.0. The van der Waals surface area contributed by atoms with Crippen LogP contribution in [-0.2, 0) is 0 Å². The highest BCUT2D eigenvalue weighted by Gasteiger charge is 2.02. The molecule has 0 amide bonds. The molecule has 1 rings (SSSR count). The summed E-state index contributed by atoms with van der Waals surface area (Å²) in [6, 6.07) is 10.1. The quantitative estimate of drug-likeness (QED) is 0.545. The van der Waals surface area contributed by atoms with Gasteiger partial charge in [-0.15, -0.1) is 0 Å². The first kappa shape index (κ1) is 12.6. The molecule has 0 aliphatic heterocycles. The van der Waals surface area contributed by atoms with E-state index in [0.29, 0.717) is 5.92 Å². The number of hydrogen-bond donors (Lipinski definition) is 0. The summed E-state index contributed by atoms with van der Waals surface area (Å²) in [5, 5.41) is 0. The molecule has 0 atom stereocenters. The van der Waals surface area contributed by atoms with Crippen molar-refractivity contribution in [3.63, 3.8) is 0 Å². The van der Waals surface area contributed by atoms with Gasteiger partial charge in [0.1, 0.15) is 0 Å². The van der Waals surface area contributed by atoms with Crippen molar-refractivity contribution in [2.75, 3.05) is 7.05 Å². The second-order valence-electron chi connectivity index (χ2n) is 4.36. The maximum absolute atomic E-state index is 4.57. The molecule has 0 N–H and O–H groups in total. The predicted molar refractivity (Wildman–Crippen MR) is 71.5 cm³/mol. The van der Waals surface area contributed by atoms with E-state index in [-0.39, 0.29) is 0 Å². The normalized spacial score (nSPS) is 13.3. The Balaban J connectivity index is 2.86. The van der Waals surface area contributed by atoms with Crippen molar-refractivity contribution in [1.29, 1.82) is 0 Å². The molecular weight excluding hydrogens is 196 g/mol. The molecule has 0 bridgehead atoms. The summed E-state index contributed by atoms with van der Waals surface area (Å²) in [7, 11) is 1.79. The van der Waals surface area contributed by atoms with Gasteiger partial charge >= 0.3 is 0 Å². The van der Waals surface area contributed by atoms with E-state index in [4.69, 9.17) is 0 Å². The SMILES string of the molecule is CN=C(N=C(C)CC(C)C)c1ccccc1. The van der Waals surface area contributed by atoms with Gasteiger partial charge in [0.25, 0.3) is 0 Å². The summed E-state index contributed by atoms with van der Waals surface area (Å²) in [6.07, 6.45) is 1.02. The standard InChI is InChI=1S/C14H20N2/c1-11(2)10-12(3)16-14(15-4)13-8-6-5-7-9-13/h5-9,11H,10H2,1-4H3. The Morgan fingerprint density at radius 2 is 1.81 bits per heavy atom. The number of amidine groups is 1. The van der Waals surface area contributed by atoms with Crippen LogP contribution in [-0.4, -0.2) is 18.6 Å². The average Bonchev–Trinajstić information content (AvgIpc) is 2.26. The van der Waals surface area contributed by atoms with Gasteiger partial charge in [0.15, 0.2) is 5.84 Å². The van der Waals surface area contributed by atoms with Crippen LogP contribution in [0.3, 0.4) is 0 Å². The maximum atomic E-state index is 4.57. The molecule has 0 spiro atoms. The average molecular weight is 216 g/mol. The lowest BCUT2D eigenvalue weighted by atomic mass is 10.1. The molecule has 0 saturated heterocycles. The van der Waals surface area contributed by atoms with E-state index in [1.54, 1.807) is 7.05 Å². The molecule has 0 fully saturated rings. The monoisotopic (exact) mass is 216 g/mol. The maximum Gasteiger partial charge on any atom is 0.154 e. The van der Waals surface area contributed by atoms with Gasteiger partial charge in [-0.1, -0.05) is 44.2 Å². The van der Waals surface area contributed by atoms with Gasteiger partial charge in [0.2, 0.25) is 0 Å². The molecule has 0 radical (unpaired) electrons. The van der Waals surface area contributed by atoms with Gasteiger partial charge in [-0.3, -0.25) is 4.99 Å². The molecule has 0 aliphatic carbocycles. The summed E-state index contributed by atoms with van der Waals surface area (Å²) in [4.78, 5) is 8.81. The van der Waals surface area contributed by atoms with Gasteiger partial charge in [0, 0.05) is 18.3 Å². The van der Waals surface area contributed by atoms with Crippen LogP contribution in [0.15, 0.2) is 40.3 Å². The topological polar surface area (TPSA) is 24.7 Å². The number of aliphatic imine (C=N–C) groups is 2. The molecule has 1 aromatic carbocycles. The first-order valence-corrected chi connectivity index (χ1v) is 5.70. The summed E-state index contributed by atoms with van der Waals surface area (Å²) in [5.41, 5.74) is 2.22. The van der Waals surface area contributed by atoms with Crippen molar-refractivity contribution >= 4 is 11.5 Å². The fraction of sp³-hybridized carbons (Fsp3) is 0.429. The van der Waals surface area contributed by atoms with E-state index in [2.05, 4.69) is 30.8 Å². The van der Waals surface area contributed by atoms with Crippen LogP contribution in [0, 0.1) is 5.92 Å². The fourth-order valence-electron chi connectivity index (χ4n) is 1.65. The van der Waals surface area contributed by atoms with Gasteiger partial charge in [-0.05, 0) is 19.3 Å². The number of nitrogens with zero attached hydrogens (tertiary/aromatic N) is 2. The van der Waals surface area contributed by atoms with Crippen LogP contribution in [0.4, 0.5) is 0 Å². The van der Waals surface area contributed by atoms with Crippen LogP contribution in [0.2, 0.25) is 0 Å². The molecule has 2 heteroatoms. The highest BCUT2D eigenvalue weighted by atomic mass is 14.9. The van der Waals surface area contributed by atoms with Crippen molar-refractivity contribution in [2.45, 2.75) is 27.2 Å². The minimum Gasteiger partial charge on any atom is -0.270 e. The molecule has 16 heavy (non-hydrogen) atoms. The lowest BCUT2D eigenvalue weighted by molar-refractivity contribution is 0.683. The second kappa shape index (κ2) is 6.21. The van der Waals surface area contributed by atoms with Crippen molar-refractivity contribution in [3.05, 3.63) is 35.9 Å². The number of benzene rings is 1. The van der Waals surface area contributed by atoms with E-state index in [1.807, 2.05) is 30.3 Å². The van der Waals surface area contributed by atoms with Gasteiger partial charge in [-0.2, -0.15) is 0 Å². The molecule has 0 unspecified atom stereocenters. The van der Waals surface area contributed by atoms with E-state index >= 15 is 0 Å². The smallest absolute Gasteiger partial charge is 0.154 e. The third-order valence-corrected chi connectivity index (χ3v) is 2.24. The number of hydrogen-bond acceptors (Lipinski definition) is 1. The van der Waals surface area contributed by atoms with Crippen molar-refractivity contribution < 1.29 is 0 Å². The van der Waals surface area contributed by atoms with Crippen molar-refractivity contribution in [1.82, 2.24) is 0 Å². The van der Waals surface area contributed by atoms with Crippen molar-refractivity contribution in [2.24, 2.45) is 15.9 Å². The summed E-state index contributed by atoms with van der Waals surface area (Å²) < 4.78 is 0. The van der Waals surface area contributed by atoms with Crippen molar-refractivity contribution in [3.8, 4) is 0 Å². The molecule has 2 nitrogen and oxygen atoms in total. The van der Waals surface area contributed by atoms with E-state index in [1.165, 1.54) is 0 Å². The Morgan fingerprint density at radius 1 is 1.19 bits per heavy atom. The molecule has 0 heterocycles. The number of rotatable bonds is 3. The zero-order valence-electron chi connectivity index (χ0n) is 10.6. The Kier molecular flexibility index (Phi) is 4.90. The highest BCUT2D eigenvalue weighted by molar-refractivity contribution is 6.06. The molecule has 1 aromatic rings. The molecule has 0 aliphatic rings. The Labute approximate surface area is 98.1 Å². The molecule has 0 saturated carbocycles. The van der Waals surface area contributed by atoms with Crippen LogP contribution in [0.1, 0.15) is 32.8 Å². The van der Waals surface area contributed by atoms with Gasteiger partial charge in [0.05, 0.1) is 0 Å². The minimum absolute atomic E-state index is 0.637. The second-order valence-corrected chi connectivity index (χ2v) is 4.36. The highest BCUT2D eigenvalue weighted by Crippen LogP contribution is 2.06. The molecule has 86 valence electrons. The predicted octanol–water partition coefficient (Wildman–Crippen LogP) is 3.57. The Bertz CT molecular complexity index is 375. The van der Waals surface area contributed by atoms with Crippen LogP contribution >= 0.6 is 0 Å². The first-order valence-electron chi connectivity index (χ1n) is 5.70. The lowest BCUT2D eigenvalue weighted by Crippen LogP contribution is -2.04. The van der Waals surface area contributed by atoms with Crippen LogP contribution < -0.4 is 0 Å². The largest absolute Gasteiger partial charge is 0.270 e. The summed E-state index contributed by atoms with van der Waals surface area (Å²) in [5.74, 6) is 1.45. The van der Waals surface area contributed by atoms with Gasteiger partial charge in [-0.25, -0.2) is 4.99 Å². The van der Waals surface area contributed by atoms with Crippen LogP contribution in [0.25, 0.3) is 0 Å². The zero-order valence-corrected chi connectivity index (χ0v) is 10.6. The van der Waals surface area contributed by atoms with Gasteiger partial charge < -0.3 is 0 Å². The summed E-state index contributed by atoms with van der Waals surface area (Å²) in [6.45, 7) is 6.46. The molecular formula is C14H20N2. The first-order chi connectivity index (χ1) is 7.63. The molecule has 0 aromatic heterocycles. The Hall–Kier alpha value is -1.44. The van der Waals surface area contributed by atoms with E-state index < -0.39 is 0 Å². The lowest BCUT2D eigenvalue weighted by Gasteiger charge is -2.05. The van der Waals surface area contributed by atoms with E-state index in [0.717, 1.165) is 23.5 Å². The summed E-state index contributed by atoms with van der Waals surface area (Å²) >= 11 is 0. The van der Waals surface area contributed by atoms with Crippen LogP contribution in [0.5, 0.6) is 0 Å².